The van der Waals surface area contributed by atoms with Crippen LogP contribution >= 0.6 is 0 Å². The van der Waals surface area contributed by atoms with E-state index in [2.05, 4.69) is 0 Å². The van der Waals surface area contributed by atoms with Gasteiger partial charge in [0.2, 0.25) is 5.91 Å². The van der Waals surface area contributed by atoms with Crippen molar-refractivity contribution in [2.24, 2.45) is 11.7 Å². The molecule has 0 bridgehead atoms. The van der Waals surface area contributed by atoms with Gasteiger partial charge in [0.25, 0.3) is 5.91 Å². The number of rotatable bonds is 5. The quantitative estimate of drug-likeness (QED) is 0.453. The van der Waals surface area contributed by atoms with Crippen molar-refractivity contribution in [3.63, 3.8) is 0 Å². The van der Waals surface area contributed by atoms with Crippen LogP contribution in [0.2, 0.25) is 0 Å². The Bertz CT molecular complexity index is 231. The number of nitrogens with zero attached hydrogens (tertiary/aromatic N) is 1. The molecule has 1 aliphatic heterocycles. The fraction of sp³-hybridized carbons (Fsp3) is 0.750. The van der Waals surface area contributed by atoms with Crippen LogP contribution < -0.4 is 5.73 Å². The lowest BCUT2D eigenvalue weighted by Crippen LogP contribution is -2.35. The van der Waals surface area contributed by atoms with Crippen molar-refractivity contribution in [3.05, 3.63) is 0 Å². The average Bonchev–Trinajstić information content (AvgIpc) is 2.48. The van der Waals surface area contributed by atoms with E-state index in [1.165, 1.54) is 0 Å². The minimum absolute atomic E-state index is 0.0420. The summed E-state index contributed by atoms with van der Waals surface area (Å²) in [7, 11) is 0. The molecule has 0 aromatic heterocycles. The minimum atomic E-state index is -0.836. The van der Waals surface area contributed by atoms with Crippen LogP contribution in [0, 0.1) is 5.92 Å². The van der Waals surface area contributed by atoms with Gasteiger partial charge in [-0.05, 0) is 6.92 Å². The third kappa shape index (κ3) is 2.43. The zero-order valence-electron chi connectivity index (χ0n) is 8.06. The Labute approximate surface area is 81.9 Å². The van der Waals surface area contributed by atoms with Gasteiger partial charge in [0.05, 0.1) is 19.8 Å². The van der Waals surface area contributed by atoms with E-state index in [1.807, 2.05) is 6.92 Å². The van der Waals surface area contributed by atoms with Crippen LogP contribution in [0.25, 0.3) is 0 Å². The summed E-state index contributed by atoms with van der Waals surface area (Å²) in [5, 5.41) is 1.13. The van der Waals surface area contributed by atoms with Crippen LogP contribution in [0.1, 0.15) is 6.92 Å². The molecule has 2 N–H and O–H groups in total. The molecule has 0 saturated carbocycles. The highest BCUT2D eigenvalue weighted by atomic mass is 16.7. The molecule has 6 nitrogen and oxygen atoms in total. The predicted molar refractivity (Wildman–Crippen MR) is 46.8 cm³/mol. The Hall–Kier alpha value is -1.14. The average molecular weight is 202 g/mol. The number of hydrogen-bond donors (Lipinski definition) is 1. The van der Waals surface area contributed by atoms with Gasteiger partial charge in [-0.1, -0.05) is 0 Å². The Morgan fingerprint density at radius 2 is 2.50 bits per heavy atom. The van der Waals surface area contributed by atoms with E-state index < -0.39 is 11.8 Å². The number of nitrogens with two attached hydrogens (primary N) is 1. The van der Waals surface area contributed by atoms with Crippen molar-refractivity contribution in [3.8, 4) is 0 Å². The van der Waals surface area contributed by atoms with Gasteiger partial charge in [0, 0.05) is 6.61 Å². The minimum Gasteiger partial charge on any atom is -0.380 e. The molecule has 6 heteroatoms. The molecule has 0 spiro atoms. The second-order valence-electron chi connectivity index (χ2n) is 2.89. The zero-order valence-corrected chi connectivity index (χ0v) is 8.06. The number of carbonyl (C=O) groups excluding carboxylic acids is 2. The summed E-state index contributed by atoms with van der Waals surface area (Å²) in [4.78, 5) is 27.1. The number of hydrogen-bond acceptors (Lipinski definition) is 4. The normalized spacial score (nSPS) is 21.6. The highest BCUT2D eigenvalue weighted by Crippen LogP contribution is 2.13. The lowest BCUT2D eigenvalue weighted by molar-refractivity contribution is -0.164. The highest BCUT2D eigenvalue weighted by Gasteiger charge is 2.36. The van der Waals surface area contributed by atoms with Gasteiger partial charge in [0.15, 0.2) is 0 Å². The van der Waals surface area contributed by atoms with Gasteiger partial charge in [-0.2, -0.15) is 0 Å². The molecule has 1 saturated heterocycles. The molecule has 1 rings (SSSR count). The maximum Gasteiger partial charge on any atom is 0.261 e. The number of carbonyl (C=O) groups is 2. The molecule has 1 fully saturated rings. The number of amides is 2. The summed E-state index contributed by atoms with van der Waals surface area (Å²) < 4.78 is 5.05. The van der Waals surface area contributed by atoms with Crippen LogP contribution in [0.3, 0.4) is 0 Å². The van der Waals surface area contributed by atoms with E-state index in [4.69, 9.17) is 15.3 Å². The smallest absolute Gasteiger partial charge is 0.261 e. The van der Waals surface area contributed by atoms with Crippen molar-refractivity contribution in [2.75, 3.05) is 26.4 Å². The second kappa shape index (κ2) is 4.92. The molecule has 0 radical (unpaired) electrons. The third-order valence-electron chi connectivity index (χ3n) is 1.93. The Balaban J connectivity index is 2.36. The molecule has 0 unspecified atom stereocenters. The van der Waals surface area contributed by atoms with Crippen LogP contribution in [0.5, 0.6) is 0 Å². The van der Waals surface area contributed by atoms with E-state index in [-0.39, 0.29) is 12.5 Å². The fourth-order valence-corrected chi connectivity index (χ4v) is 1.14. The first-order valence-corrected chi connectivity index (χ1v) is 4.48. The van der Waals surface area contributed by atoms with E-state index in [0.717, 1.165) is 5.06 Å². The molecule has 14 heavy (non-hydrogen) atoms. The first kappa shape index (κ1) is 10.9. The topological polar surface area (TPSA) is 81.9 Å². The van der Waals surface area contributed by atoms with E-state index in [0.29, 0.717) is 19.8 Å². The summed E-state index contributed by atoms with van der Waals surface area (Å²) >= 11 is 0. The number of primary amides is 1. The SMILES string of the molecule is CCOCCN1OC[C@H](C(N)=O)C1=O. The van der Waals surface area contributed by atoms with Crippen molar-refractivity contribution < 1.29 is 19.2 Å². The first-order valence-electron chi connectivity index (χ1n) is 4.48. The number of hydroxylamine groups is 2. The summed E-state index contributed by atoms with van der Waals surface area (Å²) in [5.41, 5.74) is 5.01. The van der Waals surface area contributed by atoms with Crippen LogP contribution in [-0.4, -0.2) is 43.2 Å². The van der Waals surface area contributed by atoms with Gasteiger partial charge in [-0.15, -0.1) is 0 Å². The lowest BCUT2D eigenvalue weighted by Gasteiger charge is -2.13. The standard InChI is InChI=1S/C8H14N2O4/c1-2-13-4-3-10-8(12)6(5-14-10)7(9)11/h6H,2-5H2,1H3,(H2,9,11)/t6-/m1/s1. The predicted octanol–water partition coefficient (Wildman–Crippen LogP) is -1.10. The molecule has 0 aromatic rings. The van der Waals surface area contributed by atoms with E-state index >= 15 is 0 Å². The molecule has 1 heterocycles. The Kier molecular flexibility index (Phi) is 3.84. The van der Waals surface area contributed by atoms with Gasteiger partial charge in [-0.25, -0.2) is 5.06 Å². The molecule has 2 amide bonds. The Morgan fingerprint density at radius 3 is 3.00 bits per heavy atom. The van der Waals surface area contributed by atoms with Crippen LogP contribution in [-0.2, 0) is 19.2 Å². The Morgan fingerprint density at radius 1 is 1.79 bits per heavy atom. The van der Waals surface area contributed by atoms with E-state index in [9.17, 15) is 9.59 Å². The zero-order chi connectivity index (χ0) is 10.6. The monoisotopic (exact) mass is 202 g/mol. The summed E-state index contributed by atoms with van der Waals surface area (Å²) in [6, 6.07) is 0. The van der Waals surface area contributed by atoms with Crippen molar-refractivity contribution in [1.29, 1.82) is 0 Å². The molecular weight excluding hydrogens is 188 g/mol. The summed E-state index contributed by atoms with van der Waals surface area (Å²) in [6.07, 6.45) is 0. The highest BCUT2D eigenvalue weighted by molar-refractivity contribution is 6.00. The molecule has 1 atom stereocenters. The summed E-state index contributed by atoms with van der Waals surface area (Å²) in [6.45, 7) is 3.21. The van der Waals surface area contributed by atoms with Crippen molar-refractivity contribution in [1.82, 2.24) is 5.06 Å². The van der Waals surface area contributed by atoms with Crippen LogP contribution in [0.15, 0.2) is 0 Å². The largest absolute Gasteiger partial charge is 0.380 e. The third-order valence-corrected chi connectivity index (χ3v) is 1.93. The first-order chi connectivity index (χ1) is 6.66. The van der Waals surface area contributed by atoms with Crippen LogP contribution in [0.4, 0.5) is 0 Å². The molecule has 0 aromatic carbocycles. The van der Waals surface area contributed by atoms with Gasteiger partial charge in [-0.3, -0.25) is 14.4 Å². The lowest BCUT2D eigenvalue weighted by atomic mass is 10.1. The maximum absolute atomic E-state index is 11.4. The molecule has 80 valence electrons. The summed E-state index contributed by atoms with van der Waals surface area (Å²) in [5.74, 6) is -1.86. The second-order valence-corrected chi connectivity index (χ2v) is 2.89. The van der Waals surface area contributed by atoms with Gasteiger partial charge in [0.1, 0.15) is 5.92 Å². The molecular formula is C8H14N2O4. The van der Waals surface area contributed by atoms with Gasteiger partial charge < -0.3 is 10.5 Å². The molecule has 1 aliphatic rings. The van der Waals surface area contributed by atoms with Crippen molar-refractivity contribution in [2.45, 2.75) is 6.92 Å². The van der Waals surface area contributed by atoms with Gasteiger partial charge >= 0.3 is 0 Å². The number of ether oxygens (including phenoxy) is 1. The van der Waals surface area contributed by atoms with E-state index in [1.54, 1.807) is 0 Å². The fourth-order valence-electron chi connectivity index (χ4n) is 1.14. The van der Waals surface area contributed by atoms with Crippen molar-refractivity contribution >= 4 is 11.8 Å². The molecule has 0 aliphatic carbocycles. The maximum atomic E-state index is 11.4.